The van der Waals surface area contributed by atoms with Crippen LogP contribution < -0.4 is 5.32 Å². The van der Waals surface area contributed by atoms with Gasteiger partial charge in [-0.15, -0.1) is 0 Å². The normalized spacial score (nSPS) is 17.2. The van der Waals surface area contributed by atoms with Gasteiger partial charge in [-0.25, -0.2) is 0 Å². The summed E-state index contributed by atoms with van der Waals surface area (Å²) in [5.74, 6) is -2.15. The highest BCUT2D eigenvalue weighted by molar-refractivity contribution is 8.26. The van der Waals surface area contributed by atoms with Crippen LogP contribution in [0.5, 0.6) is 5.75 Å². The van der Waals surface area contributed by atoms with Crippen molar-refractivity contribution in [2.45, 2.75) is 13.0 Å². The molecular weight excluding hydrogens is 352 g/mol. The van der Waals surface area contributed by atoms with Crippen molar-refractivity contribution in [2.75, 3.05) is 6.54 Å². The van der Waals surface area contributed by atoms with E-state index in [0.29, 0.717) is 10.5 Å². The Morgan fingerprint density at radius 2 is 2.17 bits per heavy atom. The molecule has 1 aliphatic heterocycles. The number of nitrogens with one attached hydrogen (secondary N) is 1. The van der Waals surface area contributed by atoms with Gasteiger partial charge in [0.15, 0.2) is 0 Å². The molecule has 1 aliphatic rings. The average Bonchev–Trinajstić information content (AvgIpc) is 2.74. The lowest BCUT2D eigenvalue weighted by atomic mass is 10.2. The molecule has 9 heteroatoms. The minimum Gasteiger partial charge on any atom is -0.508 e. The molecule has 1 aromatic rings. The number of thiocarbonyl (C=S) groups is 1. The van der Waals surface area contributed by atoms with E-state index >= 15 is 0 Å². The Bertz CT molecular complexity index is 747. The van der Waals surface area contributed by atoms with Gasteiger partial charge in [0.2, 0.25) is 5.91 Å². The number of phenols is 1. The zero-order valence-electron chi connectivity index (χ0n) is 12.6. The van der Waals surface area contributed by atoms with Crippen molar-refractivity contribution in [3.05, 3.63) is 34.7 Å². The van der Waals surface area contributed by atoms with E-state index in [1.54, 1.807) is 18.2 Å². The van der Waals surface area contributed by atoms with Gasteiger partial charge in [0.1, 0.15) is 22.7 Å². The number of aromatic hydroxyl groups is 1. The Kier molecular flexibility index (Phi) is 5.58. The predicted molar refractivity (Wildman–Crippen MR) is 93.2 cm³/mol. The smallest absolute Gasteiger partial charge is 0.325 e. The number of amides is 2. The fourth-order valence-electron chi connectivity index (χ4n) is 1.89. The van der Waals surface area contributed by atoms with E-state index in [2.05, 4.69) is 5.32 Å². The van der Waals surface area contributed by atoms with Gasteiger partial charge in [-0.05, 0) is 30.7 Å². The molecule has 24 heavy (non-hydrogen) atoms. The summed E-state index contributed by atoms with van der Waals surface area (Å²) in [6.07, 6.45) is 1.57. The molecule has 1 atom stereocenters. The van der Waals surface area contributed by atoms with E-state index in [0.717, 1.165) is 16.7 Å². The first-order valence-corrected chi connectivity index (χ1v) is 8.07. The van der Waals surface area contributed by atoms with Crippen LogP contribution in [0.15, 0.2) is 29.2 Å². The number of carbonyl (C=O) groups is 3. The summed E-state index contributed by atoms with van der Waals surface area (Å²) in [7, 11) is 0. The minimum atomic E-state index is -1.17. The maximum Gasteiger partial charge on any atom is 0.325 e. The topological polar surface area (TPSA) is 107 Å². The van der Waals surface area contributed by atoms with Crippen LogP contribution in [-0.2, 0) is 14.4 Å². The molecule has 3 N–H and O–H groups in total. The molecule has 0 radical (unpaired) electrons. The van der Waals surface area contributed by atoms with Crippen LogP contribution in [0.3, 0.4) is 0 Å². The number of hydrogen-bond donors (Lipinski definition) is 3. The van der Waals surface area contributed by atoms with Crippen molar-refractivity contribution in [3.63, 3.8) is 0 Å². The Morgan fingerprint density at radius 3 is 2.79 bits per heavy atom. The second kappa shape index (κ2) is 7.45. The molecule has 7 nitrogen and oxygen atoms in total. The first-order chi connectivity index (χ1) is 11.3. The molecule has 1 fully saturated rings. The number of carboxylic acids is 1. The van der Waals surface area contributed by atoms with Crippen LogP contribution in [0.4, 0.5) is 0 Å². The number of phenolic OH excluding ortho intramolecular Hbond substituents is 1. The number of carboxylic acid groups (broad SMARTS) is 1. The quantitative estimate of drug-likeness (QED) is 0.531. The molecule has 126 valence electrons. The van der Waals surface area contributed by atoms with Crippen molar-refractivity contribution >= 4 is 52.2 Å². The highest BCUT2D eigenvalue weighted by atomic mass is 32.2. The van der Waals surface area contributed by atoms with Crippen LogP contribution in [0, 0.1) is 0 Å². The third-order valence-corrected chi connectivity index (χ3v) is 4.47. The largest absolute Gasteiger partial charge is 0.508 e. The second-order valence-corrected chi connectivity index (χ2v) is 6.67. The number of carbonyl (C=O) groups excluding carboxylic acids is 2. The van der Waals surface area contributed by atoms with Gasteiger partial charge in [0.25, 0.3) is 5.91 Å². The number of rotatable bonds is 5. The van der Waals surface area contributed by atoms with Crippen LogP contribution in [0.2, 0.25) is 0 Å². The summed E-state index contributed by atoms with van der Waals surface area (Å²) >= 11 is 6.14. The van der Waals surface area contributed by atoms with E-state index in [1.165, 1.54) is 19.1 Å². The Hall–Kier alpha value is -2.39. The van der Waals surface area contributed by atoms with Crippen molar-refractivity contribution in [2.24, 2.45) is 0 Å². The van der Waals surface area contributed by atoms with Gasteiger partial charge < -0.3 is 15.5 Å². The van der Waals surface area contributed by atoms with Gasteiger partial charge in [0, 0.05) is 0 Å². The summed E-state index contributed by atoms with van der Waals surface area (Å²) in [6, 6.07) is 5.30. The number of benzene rings is 1. The monoisotopic (exact) mass is 366 g/mol. The molecule has 0 spiro atoms. The summed E-state index contributed by atoms with van der Waals surface area (Å²) in [5, 5.41) is 20.5. The second-order valence-electron chi connectivity index (χ2n) is 4.99. The molecule has 0 bridgehead atoms. The lowest BCUT2D eigenvalue weighted by Gasteiger charge is -2.15. The number of aliphatic carboxylic acids is 1. The first-order valence-electron chi connectivity index (χ1n) is 6.84. The third kappa shape index (κ3) is 4.33. The summed E-state index contributed by atoms with van der Waals surface area (Å²) in [6.45, 7) is 0.978. The van der Waals surface area contributed by atoms with Gasteiger partial charge in [0.05, 0.1) is 4.91 Å². The maximum absolute atomic E-state index is 12.4. The molecular formula is C15H14N2O5S2. The van der Waals surface area contributed by atoms with Gasteiger partial charge in [-0.1, -0.05) is 36.1 Å². The van der Waals surface area contributed by atoms with E-state index in [4.69, 9.17) is 17.3 Å². The van der Waals surface area contributed by atoms with E-state index in [9.17, 15) is 19.5 Å². The Labute approximate surface area is 147 Å². The lowest BCUT2D eigenvalue weighted by Crippen LogP contribution is -2.45. The molecule has 1 heterocycles. The molecule has 2 rings (SSSR count). The Morgan fingerprint density at radius 1 is 1.46 bits per heavy atom. The van der Waals surface area contributed by atoms with Gasteiger partial charge in [-0.2, -0.15) is 0 Å². The molecule has 1 saturated heterocycles. The molecule has 0 saturated carbocycles. The summed E-state index contributed by atoms with van der Waals surface area (Å²) in [5.41, 5.74) is 0.624. The van der Waals surface area contributed by atoms with E-state index in [1.807, 2.05) is 0 Å². The SMILES string of the molecule is CC(NC(=O)CN1C(=O)/C(=C/c2cccc(O)c2)SC1=S)C(=O)O. The average molecular weight is 366 g/mol. The lowest BCUT2D eigenvalue weighted by molar-refractivity contribution is -0.141. The number of hydrogen-bond acceptors (Lipinski definition) is 6. The van der Waals surface area contributed by atoms with Crippen LogP contribution >= 0.6 is 24.0 Å². The van der Waals surface area contributed by atoms with Crippen LogP contribution in [0.25, 0.3) is 6.08 Å². The molecule has 0 aromatic heterocycles. The maximum atomic E-state index is 12.4. The van der Waals surface area contributed by atoms with Crippen molar-refractivity contribution in [3.8, 4) is 5.75 Å². The van der Waals surface area contributed by atoms with E-state index < -0.39 is 23.8 Å². The number of thioether (sulfide) groups is 1. The highest BCUT2D eigenvalue weighted by Gasteiger charge is 2.33. The van der Waals surface area contributed by atoms with Crippen LogP contribution in [0.1, 0.15) is 12.5 Å². The zero-order valence-corrected chi connectivity index (χ0v) is 14.2. The number of nitrogens with zero attached hydrogens (tertiary/aromatic N) is 1. The standard InChI is InChI=1S/C15H14N2O5S2/c1-8(14(21)22)16-12(19)7-17-13(20)11(24-15(17)23)6-9-3-2-4-10(18)5-9/h2-6,8,18H,7H2,1H3,(H,16,19)(H,21,22)/b11-6-. The molecule has 1 aromatic carbocycles. The van der Waals surface area contributed by atoms with E-state index in [-0.39, 0.29) is 16.6 Å². The van der Waals surface area contributed by atoms with Gasteiger partial charge in [-0.3, -0.25) is 19.3 Å². The van der Waals surface area contributed by atoms with Crippen LogP contribution in [-0.4, -0.2) is 49.8 Å². The summed E-state index contributed by atoms with van der Waals surface area (Å²) in [4.78, 5) is 36.3. The Balaban J connectivity index is 2.09. The van der Waals surface area contributed by atoms with Gasteiger partial charge >= 0.3 is 5.97 Å². The highest BCUT2D eigenvalue weighted by Crippen LogP contribution is 2.32. The fourth-order valence-corrected chi connectivity index (χ4v) is 3.15. The molecule has 0 aliphatic carbocycles. The molecule has 1 unspecified atom stereocenters. The fraction of sp³-hybridized carbons (Fsp3) is 0.200. The van der Waals surface area contributed by atoms with Crippen molar-refractivity contribution in [1.82, 2.24) is 10.2 Å². The zero-order chi connectivity index (χ0) is 17.9. The minimum absolute atomic E-state index is 0.0706. The predicted octanol–water partition coefficient (Wildman–Crippen LogP) is 1.18. The van der Waals surface area contributed by atoms with Crippen molar-refractivity contribution in [1.29, 1.82) is 0 Å². The molecule has 2 amide bonds. The first kappa shape index (κ1) is 18.0. The summed E-state index contributed by atoms with van der Waals surface area (Å²) < 4.78 is 0.213. The van der Waals surface area contributed by atoms with Crippen molar-refractivity contribution < 1.29 is 24.6 Å². The third-order valence-electron chi connectivity index (χ3n) is 3.09.